The number of amides is 2. The van der Waals surface area contributed by atoms with Crippen LogP contribution in [0.15, 0.2) is 24.3 Å². The van der Waals surface area contributed by atoms with E-state index in [2.05, 4.69) is 12.2 Å². The lowest BCUT2D eigenvalue weighted by molar-refractivity contribution is 0.210. The maximum absolute atomic E-state index is 12.1. The molecule has 1 aromatic carbocycles. The summed E-state index contributed by atoms with van der Waals surface area (Å²) in [6, 6.07) is 8.02. The molecule has 18 heavy (non-hydrogen) atoms. The van der Waals surface area contributed by atoms with Crippen LogP contribution in [0.4, 0.5) is 10.5 Å². The van der Waals surface area contributed by atoms with Gasteiger partial charge in [0.05, 0.1) is 0 Å². The topological polar surface area (TPSA) is 58.4 Å². The van der Waals surface area contributed by atoms with E-state index < -0.39 is 0 Å². The first-order chi connectivity index (χ1) is 8.58. The number of rotatable bonds is 2. The molecule has 0 aromatic heterocycles. The molecule has 2 unspecified atom stereocenters. The molecule has 0 bridgehead atoms. The molecule has 1 aromatic rings. The zero-order valence-electron chi connectivity index (χ0n) is 11.0. The van der Waals surface area contributed by atoms with Crippen molar-refractivity contribution in [1.29, 1.82) is 0 Å². The fourth-order valence-corrected chi connectivity index (χ4v) is 2.33. The molecule has 4 heteroatoms. The lowest BCUT2D eigenvalue weighted by Crippen LogP contribution is -2.37. The molecule has 2 amide bonds. The van der Waals surface area contributed by atoms with Crippen molar-refractivity contribution in [2.24, 2.45) is 5.73 Å². The highest BCUT2D eigenvalue weighted by atomic mass is 16.2. The zero-order chi connectivity index (χ0) is 13.1. The fraction of sp³-hybridized carbons (Fsp3) is 0.500. The van der Waals surface area contributed by atoms with Gasteiger partial charge in [-0.15, -0.1) is 0 Å². The highest BCUT2D eigenvalue weighted by molar-refractivity contribution is 5.89. The quantitative estimate of drug-likeness (QED) is 0.844. The van der Waals surface area contributed by atoms with E-state index in [1.54, 1.807) is 0 Å². The van der Waals surface area contributed by atoms with Gasteiger partial charge in [0, 0.05) is 24.3 Å². The Labute approximate surface area is 108 Å². The Hall–Kier alpha value is -1.55. The molecule has 1 heterocycles. The molecule has 2 atom stereocenters. The summed E-state index contributed by atoms with van der Waals surface area (Å²) in [6.07, 6.45) is 2.18. The Morgan fingerprint density at radius 3 is 2.94 bits per heavy atom. The van der Waals surface area contributed by atoms with Crippen molar-refractivity contribution in [3.05, 3.63) is 29.8 Å². The first-order valence-corrected chi connectivity index (χ1v) is 6.51. The van der Waals surface area contributed by atoms with Crippen molar-refractivity contribution in [3.8, 4) is 0 Å². The SMILES string of the molecule is CC(N)c1cccc(NC(=O)N2CCCC2C)c1. The number of hydrogen-bond donors (Lipinski definition) is 2. The van der Waals surface area contributed by atoms with E-state index in [0.29, 0.717) is 6.04 Å². The molecular weight excluding hydrogens is 226 g/mol. The number of carbonyl (C=O) groups excluding carboxylic acids is 1. The van der Waals surface area contributed by atoms with E-state index in [4.69, 9.17) is 5.73 Å². The van der Waals surface area contributed by atoms with Crippen LogP contribution in [0.2, 0.25) is 0 Å². The van der Waals surface area contributed by atoms with Gasteiger partial charge in [0.15, 0.2) is 0 Å². The number of carbonyl (C=O) groups is 1. The Morgan fingerprint density at radius 1 is 1.56 bits per heavy atom. The summed E-state index contributed by atoms with van der Waals surface area (Å²) < 4.78 is 0. The van der Waals surface area contributed by atoms with Crippen LogP contribution in [0, 0.1) is 0 Å². The summed E-state index contributed by atoms with van der Waals surface area (Å²) >= 11 is 0. The van der Waals surface area contributed by atoms with Gasteiger partial charge in [0.2, 0.25) is 0 Å². The molecule has 4 nitrogen and oxygen atoms in total. The molecule has 0 aliphatic carbocycles. The third-order valence-electron chi connectivity index (χ3n) is 3.48. The lowest BCUT2D eigenvalue weighted by atomic mass is 10.1. The molecule has 1 saturated heterocycles. The highest BCUT2D eigenvalue weighted by Gasteiger charge is 2.24. The number of hydrogen-bond acceptors (Lipinski definition) is 2. The standard InChI is InChI=1S/C14H21N3O/c1-10-5-4-8-17(10)14(18)16-13-7-3-6-12(9-13)11(2)15/h3,6-7,9-11H,4-5,8,15H2,1-2H3,(H,16,18). The van der Waals surface area contributed by atoms with Gasteiger partial charge < -0.3 is 16.0 Å². The molecular formula is C14H21N3O. The average Bonchev–Trinajstić information content (AvgIpc) is 2.76. The van der Waals surface area contributed by atoms with Crippen molar-refractivity contribution in [2.75, 3.05) is 11.9 Å². The Kier molecular flexibility index (Phi) is 3.87. The zero-order valence-corrected chi connectivity index (χ0v) is 11.0. The van der Waals surface area contributed by atoms with Crippen molar-refractivity contribution in [1.82, 2.24) is 4.90 Å². The van der Waals surface area contributed by atoms with E-state index >= 15 is 0 Å². The van der Waals surface area contributed by atoms with Crippen LogP contribution in [0.5, 0.6) is 0 Å². The van der Waals surface area contributed by atoms with Crippen LogP contribution in [-0.2, 0) is 0 Å². The molecule has 3 N–H and O–H groups in total. The summed E-state index contributed by atoms with van der Waals surface area (Å²) in [7, 11) is 0. The second kappa shape index (κ2) is 5.40. The van der Waals surface area contributed by atoms with E-state index in [1.165, 1.54) is 0 Å². The highest BCUT2D eigenvalue weighted by Crippen LogP contribution is 2.20. The van der Waals surface area contributed by atoms with Gasteiger partial charge in [-0.2, -0.15) is 0 Å². The molecule has 2 rings (SSSR count). The number of nitrogens with two attached hydrogens (primary N) is 1. The van der Waals surface area contributed by atoms with Crippen LogP contribution >= 0.6 is 0 Å². The first kappa shape index (κ1) is 12.9. The van der Waals surface area contributed by atoms with Crippen molar-refractivity contribution >= 4 is 11.7 Å². The van der Waals surface area contributed by atoms with E-state index in [-0.39, 0.29) is 12.1 Å². The van der Waals surface area contributed by atoms with E-state index in [9.17, 15) is 4.79 Å². The minimum atomic E-state index is -0.0208. The number of nitrogens with zero attached hydrogens (tertiary/aromatic N) is 1. The number of nitrogens with one attached hydrogen (secondary N) is 1. The molecule has 1 fully saturated rings. The Bertz CT molecular complexity index is 431. The predicted octanol–water partition coefficient (Wildman–Crippen LogP) is 2.72. The molecule has 0 spiro atoms. The molecule has 98 valence electrons. The summed E-state index contributed by atoms with van der Waals surface area (Å²) in [5.74, 6) is 0. The van der Waals surface area contributed by atoms with Crippen molar-refractivity contribution in [3.63, 3.8) is 0 Å². The van der Waals surface area contributed by atoms with Gasteiger partial charge in [-0.1, -0.05) is 12.1 Å². The van der Waals surface area contributed by atoms with Gasteiger partial charge in [0.25, 0.3) is 0 Å². The number of anilines is 1. The predicted molar refractivity (Wildman–Crippen MR) is 73.5 cm³/mol. The van der Waals surface area contributed by atoms with Crippen LogP contribution < -0.4 is 11.1 Å². The average molecular weight is 247 g/mol. The number of urea groups is 1. The third kappa shape index (κ3) is 2.82. The third-order valence-corrected chi connectivity index (χ3v) is 3.48. The molecule has 1 aliphatic heterocycles. The van der Waals surface area contributed by atoms with Gasteiger partial charge in [-0.25, -0.2) is 4.79 Å². The van der Waals surface area contributed by atoms with Crippen LogP contribution in [0.3, 0.4) is 0 Å². The van der Waals surface area contributed by atoms with Crippen LogP contribution in [0.25, 0.3) is 0 Å². The maximum Gasteiger partial charge on any atom is 0.322 e. The van der Waals surface area contributed by atoms with Crippen LogP contribution in [-0.4, -0.2) is 23.5 Å². The van der Waals surface area contributed by atoms with Crippen molar-refractivity contribution in [2.45, 2.75) is 38.8 Å². The maximum atomic E-state index is 12.1. The van der Waals surface area contributed by atoms with E-state index in [0.717, 1.165) is 30.6 Å². The largest absolute Gasteiger partial charge is 0.324 e. The molecule has 1 aliphatic rings. The smallest absolute Gasteiger partial charge is 0.322 e. The molecule has 0 saturated carbocycles. The number of benzene rings is 1. The van der Waals surface area contributed by atoms with Gasteiger partial charge in [-0.3, -0.25) is 0 Å². The summed E-state index contributed by atoms with van der Waals surface area (Å²) in [6.45, 7) is 4.87. The molecule has 0 radical (unpaired) electrons. The lowest BCUT2D eigenvalue weighted by Gasteiger charge is -2.22. The van der Waals surface area contributed by atoms with Gasteiger partial charge >= 0.3 is 6.03 Å². The van der Waals surface area contributed by atoms with Gasteiger partial charge in [-0.05, 0) is 44.4 Å². The monoisotopic (exact) mass is 247 g/mol. The summed E-state index contributed by atoms with van der Waals surface area (Å²) in [4.78, 5) is 14.0. The van der Waals surface area contributed by atoms with Crippen molar-refractivity contribution < 1.29 is 4.79 Å². The second-order valence-electron chi connectivity index (χ2n) is 5.03. The summed E-state index contributed by atoms with van der Waals surface area (Å²) in [5.41, 5.74) is 7.68. The van der Waals surface area contributed by atoms with E-state index in [1.807, 2.05) is 36.1 Å². The minimum Gasteiger partial charge on any atom is -0.324 e. The van der Waals surface area contributed by atoms with Crippen LogP contribution in [0.1, 0.15) is 38.3 Å². The Morgan fingerprint density at radius 2 is 2.33 bits per heavy atom. The Balaban J connectivity index is 2.04. The normalized spacial score (nSPS) is 20.8. The number of likely N-dealkylation sites (tertiary alicyclic amines) is 1. The fourth-order valence-electron chi connectivity index (χ4n) is 2.33. The minimum absolute atomic E-state index is 0.0122. The second-order valence-corrected chi connectivity index (χ2v) is 5.03. The first-order valence-electron chi connectivity index (χ1n) is 6.51. The van der Waals surface area contributed by atoms with Gasteiger partial charge in [0.1, 0.15) is 0 Å². The summed E-state index contributed by atoms with van der Waals surface area (Å²) in [5, 5.41) is 2.94.